The molecule has 1 aliphatic heterocycles. The van der Waals surface area contributed by atoms with Crippen LogP contribution in [0, 0.1) is 12.7 Å². The Balaban J connectivity index is 1.71. The normalized spacial score (nSPS) is 14.5. The van der Waals surface area contributed by atoms with E-state index in [1.807, 2.05) is 19.1 Å². The maximum Gasteiger partial charge on any atom is 0.134 e. The maximum absolute atomic E-state index is 13.1. The second kappa shape index (κ2) is 9.02. The third-order valence-electron chi connectivity index (χ3n) is 4.92. The van der Waals surface area contributed by atoms with Gasteiger partial charge in [0.15, 0.2) is 0 Å². The molecule has 1 saturated heterocycles. The van der Waals surface area contributed by atoms with Crippen molar-refractivity contribution >= 4 is 17.3 Å². The SMILES string of the molecule is CCCN(CCC)c1cc(N2CCN(c3ccc(F)cc3)CC2)nc(C)n1. The summed E-state index contributed by atoms with van der Waals surface area (Å²) in [5.41, 5.74) is 1.08. The smallest absolute Gasteiger partial charge is 0.134 e. The summed E-state index contributed by atoms with van der Waals surface area (Å²) < 4.78 is 13.1. The van der Waals surface area contributed by atoms with Gasteiger partial charge in [-0.1, -0.05) is 13.8 Å². The van der Waals surface area contributed by atoms with E-state index < -0.39 is 0 Å². The Bertz CT molecular complexity index is 720. The molecule has 0 radical (unpaired) electrons. The van der Waals surface area contributed by atoms with Crippen LogP contribution in [-0.4, -0.2) is 49.2 Å². The van der Waals surface area contributed by atoms with Crippen molar-refractivity contribution in [1.82, 2.24) is 9.97 Å². The van der Waals surface area contributed by atoms with Gasteiger partial charge < -0.3 is 14.7 Å². The lowest BCUT2D eigenvalue weighted by atomic mass is 10.2. The zero-order valence-corrected chi connectivity index (χ0v) is 16.7. The summed E-state index contributed by atoms with van der Waals surface area (Å²) in [5, 5.41) is 0. The van der Waals surface area contributed by atoms with Crippen molar-refractivity contribution < 1.29 is 4.39 Å². The summed E-state index contributed by atoms with van der Waals surface area (Å²) in [5.74, 6) is 2.67. The quantitative estimate of drug-likeness (QED) is 0.738. The molecule has 0 bridgehead atoms. The number of halogens is 1. The molecule has 0 saturated carbocycles. The van der Waals surface area contributed by atoms with Gasteiger partial charge in [-0.3, -0.25) is 0 Å². The summed E-state index contributed by atoms with van der Waals surface area (Å²) in [6.07, 6.45) is 2.21. The highest BCUT2D eigenvalue weighted by molar-refractivity contribution is 5.53. The molecule has 6 heteroatoms. The Morgan fingerprint density at radius 2 is 1.52 bits per heavy atom. The Kier molecular flexibility index (Phi) is 6.48. The molecule has 0 spiro atoms. The number of hydrogen-bond donors (Lipinski definition) is 0. The van der Waals surface area contributed by atoms with Gasteiger partial charge >= 0.3 is 0 Å². The fraction of sp³-hybridized carbons (Fsp3) is 0.524. The van der Waals surface area contributed by atoms with Gasteiger partial charge in [0, 0.05) is 51.0 Å². The van der Waals surface area contributed by atoms with Crippen molar-refractivity contribution in [2.24, 2.45) is 0 Å². The van der Waals surface area contributed by atoms with E-state index in [0.717, 1.165) is 75.3 Å². The molecule has 1 aliphatic rings. The van der Waals surface area contributed by atoms with Crippen LogP contribution < -0.4 is 14.7 Å². The van der Waals surface area contributed by atoms with Crippen LogP contribution in [0.3, 0.4) is 0 Å². The van der Waals surface area contributed by atoms with E-state index >= 15 is 0 Å². The van der Waals surface area contributed by atoms with Crippen molar-refractivity contribution in [1.29, 1.82) is 0 Å². The van der Waals surface area contributed by atoms with Crippen LogP contribution in [0.4, 0.5) is 21.7 Å². The van der Waals surface area contributed by atoms with Gasteiger partial charge in [0.2, 0.25) is 0 Å². The molecular formula is C21H30FN5. The standard InChI is InChI=1S/C21H30FN5/c1-4-10-26(11-5-2)20-16-21(24-17(3)23-20)27-14-12-25(13-15-27)19-8-6-18(22)7-9-19/h6-9,16H,4-5,10-15H2,1-3H3. The number of nitrogens with zero attached hydrogens (tertiary/aromatic N) is 5. The van der Waals surface area contributed by atoms with E-state index in [-0.39, 0.29) is 5.82 Å². The summed E-state index contributed by atoms with van der Waals surface area (Å²) in [6.45, 7) is 12.0. The molecule has 1 fully saturated rings. The lowest BCUT2D eigenvalue weighted by Crippen LogP contribution is -2.47. The lowest BCUT2D eigenvalue weighted by molar-refractivity contribution is 0.624. The molecule has 2 heterocycles. The van der Waals surface area contributed by atoms with E-state index in [2.05, 4.69) is 44.6 Å². The minimum atomic E-state index is -0.190. The average Bonchev–Trinajstić information content (AvgIpc) is 2.68. The van der Waals surface area contributed by atoms with Gasteiger partial charge in [-0.25, -0.2) is 14.4 Å². The van der Waals surface area contributed by atoms with Gasteiger partial charge in [0.05, 0.1) is 0 Å². The van der Waals surface area contributed by atoms with Crippen LogP contribution in [-0.2, 0) is 0 Å². The Morgan fingerprint density at radius 3 is 2.11 bits per heavy atom. The molecule has 0 atom stereocenters. The topological polar surface area (TPSA) is 35.5 Å². The van der Waals surface area contributed by atoms with Crippen LogP contribution >= 0.6 is 0 Å². The number of benzene rings is 1. The van der Waals surface area contributed by atoms with E-state index in [0.29, 0.717) is 0 Å². The van der Waals surface area contributed by atoms with Crippen LogP contribution in [0.5, 0.6) is 0 Å². The third kappa shape index (κ3) is 4.87. The van der Waals surface area contributed by atoms with E-state index in [1.54, 1.807) is 0 Å². The summed E-state index contributed by atoms with van der Waals surface area (Å²) in [4.78, 5) is 16.3. The molecule has 0 unspecified atom stereocenters. The summed E-state index contributed by atoms with van der Waals surface area (Å²) >= 11 is 0. The first-order chi connectivity index (χ1) is 13.1. The van der Waals surface area contributed by atoms with Gasteiger partial charge in [-0.05, 0) is 44.0 Å². The van der Waals surface area contributed by atoms with Gasteiger partial charge in [-0.15, -0.1) is 0 Å². The minimum absolute atomic E-state index is 0.190. The number of aromatic nitrogens is 2. The number of rotatable bonds is 7. The molecule has 2 aromatic rings. The van der Waals surface area contributed by atoms with E-state index in [9.17, 15) is 4.39 Å². The molecule has 146 valence electrons. The summed E-state index contributed by atoms with van der Waals surface area (Å²) in [7, 11) is 0. The van der Waals surface area contributed by atoms with Gasteiger partial charge in [0.1, 0.15) is 23.3 Å². The lowest BCUT2D eigenvalue weighted by Gasteiger charge is -2.37. The Morgan fingerprint density at radius 1 is 0.926 bits per heavy atom. The first-order valence-corrected chi connectivity index (χ1v) is 9.96. The van der Waals surface area contributed by atoms with Crippen molar-refractivity contribution in [3.63, 3.8) is 0 Å². The molecule has 27 heavy (non-hydrogen) atoms. The van der Waals surface area contributed by atoms with E-state index in [4.69, 9.17) is 0 Å². The van der Waals surface area contributed by atoms with Crippen LogP contribution in [0.2, 0.25) is 0 Å². The second-order valence-corrected chi connectivity index (χ2v) is 7.07. The number of piperazine rings is 1. The first-order valence-electron chi connectivity index (χ1n) is 9.96. The second-order valence-electron chi connectivity index (χ2n) is 7.07. The van der Waals surface area contributed by atoms with Crippen molar-refractivity contribution in [2.45, 2.75) is 33.6 Å². The van der Waals surface area contributed by atoms with Crippen molar-refractivity contribution in [2.75, 3.05) is 54.0 Å². The Labute approximate surface area is 161 Å². The highest BCUT2D eigenvalue weighted by atomic mass is 19.1. The number of aryl methyl sites for hydroxylation is 1. The molecule has 5 nitrogen and oxygen atoms in total. The predicted molar refractivity (Wildman–Crippen MR) is 110 cm³/mol. The van der Waals surface area contributed by atoms with E-state index in [1.165, 1.54) is 12.1 Å². The molecule has 0 N–H and O–H groups in total. The molecule has 0 aliphatic carbocycles. The largest absolute Gasteiger partial charge is 0.368 e. The molecular weight excluding hydrogens is 341 g/mol. The van der Waals surface area contributed by atoms with Crippen LogP contribution in [0.1, 0.15) is 32.5 Å². The monoisotopic (exact) mass is 371 g/mol. The number of hydrogen-bond acceptors (Lipinski definition) is 5. The average molecular weight is 372 g/mol. The number of anilines is 3. The van der Waals surface area contributed by atoms with Gasteiger partial charge in [0.25, 0.3) is 0 Å². The molecule has 1 aromatic heterocycles. The zero-order valence-electron chi connectivity index (χ0n) is 16.7. The maximum atomic E-state index is 13.1. The fourth-order valence-electron chi connectivity index (χ4n) is 3.59. The van der Waals surface area contributed by atoms with Crippen molar-refractivity contribution in [3.8, 4) is 0 Å². The van der Waals surface area contributed by atoms with Gasteiger partial charge in [-0.2, -0.15) is 0 Å². The highest BCUT2D eigenvalue weighted by Crippen LogP contribution is 2.23. The predicted octanol–water partition coefficient (Wildman–Crippen LogP) is 3.88. The van der Waals surface area contributed by atoms with Crippen LogP contribution in [0.25, 0.3) is 0 Å². The Hall–Kier alpha value is -2.37. The first kappa shape index (κ1) is 19.4. The fourth-order valence-corrected chi connectivity index (χ4v) is 3.59. The molecule has 1 aromatic carbocycles. The van der Waals surface area contributed by atoms with Crippen molar-refractivity contribution in [3.05, 3.63) is 42.0 Å². The molecule has 0 amide bonds. The van der Waals surface area contributed by atoms with Crippen LogP contribution in [0.15, 0.2) is 30.3 Å². The third-order valence-corrected chi connectivity index (χ3v) is 4.92. The molecule has 3 rings (SSSR count). The summed E-state index contributed by atoms with van der Waals surface area (Å²) in [6, 6.07) is 8.89. The minimum Gasteiger partial charge on any atom is -0.368 e. The zero-order chi connectivity index (χ0) is 19.2. The highest BCUT2D eigenvalue weighted by Gasteiger charge is 2.20.